The molecule has 0 heterocycles. The van der Waals surface area contributed by atoms with Crippen molar-refractivity contribution in [1.82, 2.24) is 9.80 Å². The van der Waals surface area contributed by atoms with E-state index in [9.17, 15) is 4.79 Å². The molecule has 1 amide bonds. The third-order valence-corrected chi connectivity index (χ3v) is 2.60. The zero-order chi connectivity index (χ0) is 12.0. The number of carbonyl (C=O) groups excluding carboxylic acids is 1. The Morgan fingerprint density at radius 1 is 1.27 bits per heavy atom. The molecular formula is C11H25N3O. The third-order valence-electron chi connectivity index (χ3n) is 2.60. The molecule has 0 spiro atoms. The van der Waals surface area contributed by atoms with E-state index in [4.69, 9.17) is 5.73 Å². The molecule has 15 heavy (non-hydrogen) atoms. The predicted octanol–water partition coefficient (Wildman–Crippen LogP) is 0.380. The first-order valence-electron chi connectivity index (χ1n) is 5.52. The van der Waals surface area contributed by atoms with Crippen LogP contribution >= 0.6 is 0 Å². The van der Waals surface area contributed by atoms with E-state index in [0.29, 0.717) is 19.0 Å². The van der Waals surface area contributed by atoms with Gasteiger partial charge in [0, 0.05) is 19.6 Å². The maximum atomic E-state index is 11.7. The number of carbonyl (C=O) groups is 1. The molecule has 4 heteroatoms. The number of hydrogen-bond donors (Lipinski definition) is 1. The topological polar surface area (TPSA) is 49.6 Å². The molecule has 0 saturated heterocycles. The number of rotatable bonds is 6. The lowest BCUT2D eigenvalue weighted by Crippen LogP contribution is -2.41. The van der Waals surface area contributed by atoms with E-state index < -0.39 is 0 Å². The minimum Gasteiger partial charge on any atom is -0.342 e. The average Bonchev–Trinajstić information content (AvgIpc) is 2.15. The molecule has 1 atom stereocenters. The van der Waals surface area contributed by atoms with E-state index >= 15 is 0 Å². The van der Waals surface area contributed by atoms with Gasteiger partial charge in [0.2, 0.25) is 5.91 Å². The average molecular weight is 215 g/mol. The molecule has 0 rings (SSSR count). The Hall–Kier alpha value is -0.610. The van der Waals surface area contributed by atoms with Gasteiger partial charge in [-0.2, -0.15) is 0 Å². The SMILES string of the molecule is CC(CN)CN(C)CC(=O)N(C)C(C)C. The first-order chi connectivity index (χ1) is 6.88. The second-order valence-electron chi connectivity index (χ2n) is 4.64. The van der Waals surface area contributed by atoms with Crippen LogP contribution in [0.5, 0.6) is 0 Å². The van der Waals surface area contributed by atoms with Gasteiger partial charge in [0.15, 0.2) is 0 Å². The number of nitrogens with two attached hydrogens (primary N) is 1. The largest absolute Gasteiger partial charge is 0.342 e. The maximum absolute atomic E-state index is 11.7. The van der Waals surface area contributed by atoms with E-state index in [1.54, 1.807) is 4.90 Å². The number of nitrogens with zero attached hydrogens (tertiary/aromatic N) is 2. The van der Waals surface area contributed by atoms with Crippen LogP contribution < -0.4 is 5.73 Å². The fraction of sp³-hybridized carbons (Fsp3) is 0.909. The van der Waals surface area contributed by atoms with Crippen LogP contribution in [0.3, 0.4) is 0 Å². The van der Waals surface area contributed by atoms with Crippen molar-refractivity contribution in [2.75, 3.05) is 33.7 Å². The number of hydrogen-bond acceptors (Lipinski definition) is 3. The minimum absolute atomic E-state index is 0.164. The maximum Gasteiger partial charge on any atom is 0.236 e. The van der Waals surface area contributed by atoms with Gasteiger partial charge in [-0.3, -0.25) is 9.69 Å². The van der Waals surface area contributed by atoms with Gasteiger partial charge in [-0.05, 0) is 33.4 Å². The van der Waals surface area contributed by atoms with Crippen LogP contribution in [0, 0.1) is 5.92 Å². The second kappa shape index (κ2) is 6.80. The van der Waals surface area contributed by atoms with Crippen molar-refractivity contribution in [3.63, 3.8) is 0 Å². The Bertz CT molecular complexity index is 194. The van der Waals surface area contributed by atoms with Crippen molar-refractivity contribution < 1.29 is 4.79 Å². The zero-order valence-corrected chi connectivity index (χ0v) is 10.7. The lowest BCUT2D eigenvalue weighted by molar-refractivity contribution is -0.132. The van der Waals surface area contributed by atoms with Gasteiger partial charge in [0.25, 0.3) is 0 Å². The first kappa shape index (κ1) is 14.4. The fourth-order valence-electron chi connectivity index (χ4n) is 1.30. The Balaban J connectivity index is 3.96. The monoisotopic (exact) mass is 215 g/mol. The van der Waals surface area contributed by atoms with Crippen molar-refractivity contribution in [2.45, 2.75) is 26.8 Å². The minimum atomic E-state index is 0.164. The van der Waals surface area contributed by atoms with Gasteiger partial charge < -0.3 is 10.6 Å². The van der Waals surface area contributed by atoms with Crippen LogP contribution in [-0.2, 0) is 4.79 Å². The van der Waals surface area contributed by atoms with Crippen LogP contribution in [0.1, 0.15) is 20.8 Å². The van der Waals surface area contributed by atoms with Gasteiger partial charge >= 0.3 is 0 Å². The van der Waals surface area contributed by atoms with E-state index in [1.165, 1.54) is 0 Å². The summed E-state index contributed by atoms with van der Waals surface area (Å²) in [5.41, 5.74) is 5.54. The summed E-state index contributed by atoms with van der Waals surface area (Å²) < 4.78 is 0. The highest BCUT2D eigenvalue weighted by atomic mass is 16.2. The van der Waals surface area contributed by atoms with Crippen LogP contribution in [0.4, 0.5) is 0 Å². The van der Waals surface area contributed by atoms with Crippen molar-refractivity contribution in [3.05, 3.63) is 0 Å². The summed E-state index contributed by atoms with van der Waals surface area (Å²) in [5.74, 6) is 0.601. The van der Waals surface area contributed by atoms with Gasteiger partial charge in [0.05, 0.1) is 6.54 Å². The summed E-state index contributed by atoms with van der Waals surface area (Å²) in [6.45, 7) is 8.12. The van der Waals surface area contributed by atoms with Crippen LogP contribution in [0.25, 0.3) is 0 Å². The summed E-state index contributed by atoms with van der Waals surface area (Å²) >= 11 is 0. The lowest BCUT2D eigenvalue weighted by Gasteiger charge is -2.26. The van der Waals surface area contributed by atoms with Gasteiger partial charge in [-0.1, -0.05) is 6.92 Å². The second-order valence-corrected chi connectivity index (χ2v) is 4.64. The van der Waals surface area contributed by atoms with Crippen LogP contribution in [0.2, 0.25) is 0 Å². The normalized spacial score (nSPS) is 13.3. The van der Waals surface area contributed by atoms with Crippen LogP contribution in [0.15, 0.2) is 0 Å². The van der Waals surface area contributed by atoms with E-state index in [1.807, 2.05) is 32.8 Å². The molecule has 0 aliphatic carbocycles. The molecule has 0 aromatic carbocycles. The van der Waals surface area contributed by atoms with Gasteiger partial charge in [-0.15, -0.1) is 0 Å². The van der Waals surface area contributed by atoms with Crippen molar-refractivity contribution in [3.8, 4) is 0 Å². The van der Waals surface area contributed by atoms with Crippen molar-refractivity contribution in [1.29, 1.82) is 0 Å². The Kier molecular flexibility index (Phi) is 6.52. The third kappa shape index (κ3) is 5.74. The van der Waals surface area contributed by atoms with E-state index in [-0.39, 0.29) is 11.9 Å². The highest BCUT2D eigenvalue weighted by Crippen LogP contribution is 1.99. The highest BCUT2D eigenvalue weighted by molar-refractivity contribution is 5.78. The first-order valence-corrected chi connectivity index (χ1v) is 5.52. The van der Waals surface area contributed by atoms with Gasteiger partial charge in [0.1, 0.15) is 0 Å². The molecule has 0 saturated carbocycles. The number of likely N-dealkylation sites (N-methyl/N-ethyl adjacent to an activating group) is 2. The smallest absolute Gasteiger partial charge is 0.236 e. The van der Waals surface area contributed by atoms with E-state index in [0.717, 1.165) is 6.54 Å². The molecule has 0 bridgehead atoms. The molecule has 1 unspecified atom stereocenters. The van der Waals surface area contributed by atoms with Crippen LogP contribution in [-0.4, -0.2) is 55.5 Å². The molecule has 0 aromatic heterocycles. The quantitative estimate of drug-likeness (QED) is 0.697. The number of amides is 1. The van der Waals surface area contributed by atoms with Crippen molar-refractivity contribution >= 4 is 5.91 Å². The molecule has 0 aliphatic rings. The Labute approximate surface area is 93.4 Å². The Morgan fingerprint density at radius 2 is 1.80 bits per heavy atom. The molecule has 0 fully saturated rings. The Morgan fingerprint density at radius 3 is 2.20 bits per heavy atom. The van der Waals surface area contributed by atoms with Gasteiger partial charge in [-0.25, -0.2) is 0 Å². The standard InChI is InChI=1S/C11H25N3O/c1-9(2)14(5)11(15)8-13(4)7-10(3)6-12/h9-10H,6-8,12H2,1-5H3. The summed E-state index contributed by atoms with van der Waals surface area (Å²) in [4.78, 5) is 15.5. The summed E-state index contributed by atoms with van der Waals surface area (Å²) in [7, 11) is 3.80. The molecule has 4 nitrogen and oxygen atoms in total. The highest BCUT2D eigenvalue weighted by Gasteiger charge is 2.14. The predicted molar refractivity (Wildman–Crippen MR) is 63.6 cm³/mol. The molecule has 0 radical (unpaired) electrons. The molecular weight excluding hydrogens is 190 g/mol. The molecule has 90 valence electrons. The lowest BCUT2D eigenvalue weighted by atomic mass is 10.2. The van der Waals surface area contributed by atoms with Crippen molar-refractivity contribution in [2.24, 2.45) is 11.7 Å². The summed E-state index contributed by atoms with van der Waals surface area (Å²) in [6, 6.07) is 0.262. The van der Waals surface area contributed by atoms with E-state index in [2.05, 4.69) is 6.92 Å². The molecule has 0 aliphatic heterocycles. The summed E-state index contributed by atoms with van der Waals surface area (Å²) in [6.07, 6.45) is 0. The fourth-order valence-corrected chi connectivity index (χ4v) is 1.30. The summed E-state index contributed by atoms with van der Waals surface area (Å²) in [5, 5.41) is 0. The molecule has 2 N–H and O–H groups in total. The molecule has 0 aromatic rings. The zero-order valence-electron chi connectivity index (χ0n) is 10.7.